The molecule has 0 amide bonds. The first-order chi connectivity index (χ1) is 8.49. The molecule has 1 aromatic carbocycles. The van der Waals surface area contributed by atoms with Crippen molar-refractivity contribution in [3.63, 3.8) is 0 Å². The van der Waals surface area contributed by atoms with Gasteiger partial charge in [0.25, 0.3) is 10.0 Å². The molecule has 0 unspecified atom stereocenters. The van der Waals surface area contributed by atoms with Crippen molar-refractivity contribution in [3.8, 4) is 5.75 Å². The largest absolute Gasteiger partial charge is 0.506 e. The van der Waals surface area contributed by atoms with Crippen LogP contribution in [-0.4, -0.2) is 18.5 Å². The zero-order valence-electron chi connectivity index (χ0n) is 9.24. The summed E-state index contributed by atoms with van der Waals surface area (Å²) in [5.74, 6) is -0.157. The molecule has 7 heteroatoms. The van der Waals surface area contributed by atoms with Crippen molar-refractivity contribution in [1.82, 2.24) is 4.98 Å². The van der Waals surface area contributed by atoms with E-state index in [2.05, 4.69) is 9.71 Å². The van der Waals surface area contributed by atoms with Crippen LogP contribution in [0.1, 0.15) is 0 Å². The number of anilines is 2. The molecule has 18 heavy (non-hydrogen) atoms. The number of nitrogens with zero attached hydrogens (tertiary/aromatic N) is 1. The van der Waals surface area contributed by atoms with Crippen molar-refractivity contribution in [2.75, 3.05) is 10.5 Å². The topological polar surface area (TPSA) is 105 Å². The van der Waals surface area contributed by atoms with Gasteiger partial charge in [-0.1, -0.05) is 0 Å². The lowest BCUT2D eigenvalue weighted by atomic mass is 10.3. The van der Waals surface area contributed by atoms with Gasteiger partial charge in [0.15, 0.2) is 0 Å². The fourth-order valence-corrected chi connectivity index (χ4v) is 2.42. The minimum atomic E-state index is -3.73. The van der Waals surface area contributed by atoms with E-state index in [9.17, 15) is 13.5 Å². The number of rotatable bonds is 3. The standard InChI is InChI=1S/C11H11N3O3S/c12-10-6-9(3-4-11(10)15)18(16,17)14-8-2-1-5-13-7-8/h1-7,14-15H,12H2. The van der Waals surface area contributed by atoms with Crippen LogP contribution in [0.4, 0.5) is 11.4 Å². The first-order valence-electron chi connectivity index (χ1n) is 5.00. The Morgan fingerprint density at radius 1 is 1.28 bits per heavy atom. The molecule has 0 atom stereocenters. The van der Waals surface area contributed by atoms with Gasteiger partial charge in [0.2, 0.25) is 0 Å². The molecule has 0 aliphatic carbocycles. The zero-order valence-corrected chi connectivity index (χ0v) is 10.1. The van der Waals surface area contributed by atoms with Crippen molar-refractivity contribution < 1.29 is 13.5 Å². The van der Waals surface area contributed by atoms with Crippen LogP contribution in [0.15, 0.2) is 47.6 Å². The smallest absolute Gasteiger partial charge is 0.262 e. The van der Waals surface area contributed by atoms with Crippen LogP contribution in [0.3, 0.4) is 0 Å². The summed E-state index contributed by atoms with van der Waals surface area (Å²) >= 11 is 0. The fourth-order valence-electron chi connectivity index (χ4n) is 1.34. The van der Waals surface area contributed by atoms with Gasteiger partial charge < -0.3 is 10.8 Å². The Morgan fingerprint density at radius 2 is 2.06 bits per heavy atom. The second kappa shape index (κ2) is 4.53. The molecule has 0 saturated carbocycles. The Hall–Kier alpha value is -2.28. The Balaban J connectivity index is 2.34. The maximum Gasteiger partial charge on any atom is 0.262 e. The number of hydrogen-bond donors (Lipinski definition) is 3. The zero-order chi connectivity index (χ0) is 13.2. The molecule has 0 fully saturated rings. The molecule has 94 valence electrons. The van der Waals surface area contributed by atoms with Crippen molar-refractivity contribution >= 4 is 21.4 Å². The lowest BCUT2D eigenvalue weighted by Gasteiger charge is -2.08. The maximum atomic E-state index is 12.0. The molecular formula is C11H11N3O3S. The van der Waals surface area contributed by atoms with Gasteiger partial charge >= 0.3 is 0 Å². The highest BCUT2D eigenvalue weighted by molar-refractivity contribution is 7.92. The van der Waals surface area contributed by atoms with Crippen molar-refractivity contribution in [2.24, 2.45) is 0 Å². The van der Waals surface area contributed by atoms with E-state index >= 15 is 0 Å². The van der Waals surface area contributed by atoms with Gasteiger partial charge in [0.05, 0.1) is 22.5 Å². The third-order valence-electron chi connectivity index (χ3n) is 2.22. The van der Waals surface area contributed by atoms with E-state index in [1.165, 1.54) is 30.6 Å². The molecule has 4 N–H and O–H groups in total. The Kier molecular flexibility index (Phi) is 3.07. The van der Waals surface area contributed by atoms with Crippen LogP contribution in [0.5, 0.6) is 5.75 Å². The van der Waals surface area contributed by atoms with Crippen LogP contribution in [0.2, 0.25) is 0 Å². The highest BCUT2D eigenvalue weighted by atomic mass is 32.2. The highest BCUT2D eigenvalue weighted by Gasteiger charge is 2.15. The van der Waals surface area contributed by atoms with E-state index in [-0.39, 0.29) is 16.3 Å². The second-order valence-electron chi connectivity index (χ2n) is 3.57. The number of pyridine rings is 1. The average Bonchev–Trinajstić information content (AvgIpc) is 2.33. The summed E-state index contributed by atoms with van der Waals surface area (Å²) in [4.78, 5) is 3.78. The number of benzene rings is 1. The lowest BCUT2D eigenvalue weighted by molar-refractivity contribution is 0.477. The third-order valence-corrected chi connectivity index (χ3v) is 3.60. The molecule has 6 nitrogen and oxygen atoms in total. The Bertz CT molecular complexity index is 656. The monoisotopic (exact) mass is 265 g/mol. The number of sulfonamides is 1. The van der Waals surface area contributed by atoms with Gasteiger partial charge in [-0.15, -0.1) is 0 Å². The van der Waals surface area contributed by atoms with Gasteiger partial charge in [-0.2, -0.15) is 0 Å². The van der Waals surface area contributed by atoms with Gasteiger partial charge in [-0.25, -0.2) is 8.42 Å². The average molecular weight is 265 g/mol. The number of nitrogen functional groups attached to an aromatic ring is 1. The first kappa shape index (κ1) is 12.2. The van der Waals surface area contributed by atoms with Gasteiger partial charge in [-0.05, 0) is 30.3 Å². The Morgan fingerprint density at radius 3 is 2.67 bits per heavy atom. The minimum Gasteiger partial charge on any atom is -0.506 e. The van der Waals surface area contributed by atoms with Crippen LogP contribution in [0, 0.1) is 0 Å². The summed E-state index contributed by atoms with van der Waals surface area (Å²) in [6, 6.07) is 6.88. The molecule has 2 rings (SSSR count). The van der Waals surface area contributed by atoms with Crippen molar-refractivity contribution in [2.45, 2.75) is 4.90 Å². The molecular weight excluding hydrogens is 254 g/mol. The number of aromatic hydroxyl groups is 1. The van der Waals surface area contributed by atoms with Crippen molar-refractivity contribution in [3.05, 3.63) is 42.7 Å². The van der Waals surface area contributed by atoms with Gasteiger partial charge in [0.1, 0.15) is 5.75 Å². The Labute approximate surface area is 104 Å². The summed E-state index contributed by atoms with van der Waals surface area (Å²) in [5, 5.41) is 9.25. The third kappa shape index (κ3) is 2.51. The van der Waals surface area contributed by atoms with E-state index in [4.69, 9.17) is 5.73 Å². The van der Waals surface area contributed by atoms with Crippen LogP contribution in [0.25, 0.3) is 0 Å². The SMILES string of the molecule is Nc1cc(S(=O)(=O)Nc2cccnc2)ccc1O. The first-order valence-corrected chi connectivity index (χ1v) is 6.49. The predicted octanol–water partition coefficient (Wildman–Crippen LogP) is 1.17. The summed E-state index contributed by atoms with van der Waals surface area (Å²) < 4.78 is 26.3. The van der Waals surface area contributed by atoms with Crippen LogP contribution in [-0.2, 0) is 10.0 Å². The van der Waals surface area contributed by atoms with E-state index < -0.39 is 10.0 Å². The van der Waals surface area contributed by atoms with Gasteiger partial charge in [-0.3, -0.25) is 9.71 Å². The van der Waals surface area contributed by atoms with E-state index in [1.807, 2.05) is 0 Å². The van der Waals surface area contributed by atoms with E-state index in [1.54, 1.807) is 12.1 Å². The normalized spacial score (nSPS) is 11.1. The summed E-state index contributed by atoms with van der Waals surface area (Å²) in [6.45, 7) is 0. The number of hydrogen-bond acceptors (Lipinski definition) is 5. The molecule has 0 aliphatic heterocycles. The molecule has 1 aromatic heterocycles. The number of nitrogens with two attached hydrogens (primary N) is 1. The fraction of sp³-hybridized carbons (Fsp3) is 0. The molecule has 2 aromatic rings. The highest BCUT2D eigenvalue weighted by Crippen LogP contribution is 2.24. The molecule has 0 saturated heterocycles. The second-order valence-corrected chi connectivity index (χ2v) is 5.25. The van der Waals surface area contributed by atoms with Crippen molar-refractivity contribution in [1.29, 1.82) is 0 Å². The van der Waals surface area contributed by atoms with E-state index in [0.29, 0.717) is 5.69 Å². The lowest BCUT2D eigenvalue weighted by Crippen LogP contribution is -2.13. The molecule has 0 radical (unpaired) electrons. The van der Waals surface area contributed by atoms with Crippen LogP contribution >= 0.6 is 0 Å². The number of nitrogens with one attached hydrogen (secondary N) is 1. The quantitative estimate of drug-likeness (QED) is 0.570. The maximum absolute atomic E-state index is 12.0. The number of aromatic nitrogens is 1. The minimum absolute atomic E-state index is 0.00376. The van der Waals surface area contributed by atoms with Crippen LogP contribution < -0.4 is 10.5 Å². The van der Waals surface area contributed by atoms with E-state index in [0.717, 1.165) is 0 Å². The number of phenolic OH excluding ortho intramolecular Hbond substituents is 1. The number of phenols is 1. The molecule has 1 heterocycles. The summed E-state index contributed by atoms with van der Waals surface area (Å²) in [6.07, 6.45) is 2.93. The molecule has 0 bridgehead atoms. The predicted molar refractivity (Wildman–Crippen MR) is 67.6 cm³/mol. The summed E-state index contributed by atoms with van der Waals surface area (Å²) in [7, 11) is -3.73. The summed E-state index contributed by atoms with van der Waals surface area (Å²) in [5.41, 5.74) is 5.81. The van der Waals surface area contributed by atoms with Gasteiger partial charge in [0, 0.05) is 6.20 Å². The molecule has 0 spiro atoms. The molecule has 0 aliphatic rings.